The first-order valence-corrected chi connectivity index (χ1v) is 10.7. The number of esters is 1. The second-order valence-electron chi connectivity index (χ2n) is 7.15. The predicted molar refractivity (Wildman–Crippen MR) is 102 cm³/mol. The number of carbonyl (C=O) groups is 2. The van der Waals surface area contributed by atoms with Crippen LogP contribution in [0, 0.1) is 0 Å². The van der Waals surface area contributed by atoms with Crippen LogP contribution in [0.5, 0.6) is 6.01 Å². The molecule has 1 aromatic carbocycles. The molecular formula is C18H19KN4O7S. The van der Waals surface area contributed by atoms with E-state index < -0.39 is 32.6 Å². The first-order valence-electron chi connectivity index (χ1n) is 9.27. The molecular weight excluding hydrogens is 455 g/mol. The third kappa shape index (κ3) is 4.81. The number of amides is 1. The average molecular weight is 475 g/mol. The number of sulfonamides is 1. The van der Waals surface area contributed by atoms with E-state index >= 15 is 0 Å². The minimum absolute atomic E-state index is 0. The van der Waals surface area contributed by atoms with Crippen LogP contribution in [0.1, 0.15) is 53.6 Å². The molecule has 2 saturated carbocycles. The van der Waals surface area contributed by atoms with Crippen molar-refractivity contribution < 1.29 is 78.9 Å². The van der Waals surface area contributed by atoms with Crippen LogP contribution in [-0.2, 0) is 14.8 Å². The summed E-state index contributed by atoms with van der Waals surface area (Å²) >= 11 is 0. The number of methoxy groups -OCH3 is 2. The Kier molecular flexibility index (Phi) is 7.13. The molecule has 2 aromatic rings. The van der Waals surface area contributed by atoms with E-state index in [1.807, 2.05) is 0 Å². The minimum atomic E-state index is -4.63. The summed E-state index contributed by atoms with van der Waals surface area (Å²) in [4.78, 5) is 36.6. The van der Waals surface area contributed by atoms with Gasteiger partial charge in [0, 0.05) is 6.04 Å². The summed E-state index contributed by atoms with van der Waals surface area (Å²) in [6.45, 7) is 0. The molecule has 13 heteroatoms. The number of benzene rings is 1. The Labute approximate surface area is 220 Å². The molecule has 2 aliphatic carbocycles. The maximum absolute atomic E-state index is 12.9. The number of hydrogen-bond donors (Lipinski definition) is 0. The van der Waals surface area contributed by atoms with Gasteiger partial charge in [0.2, 0.25) is 10.0 Å². The van der Waals surface area contributed by atoms with Gasteiger partial charge in [-0.1, -0.05) is 6.07 Å². The van der Waals surface area contributed by atoms with E-state index in [0.717, 1.165) is 38.4 Å². The van der Waals surface area contributed by atoms with Gasteiger partial charge in [-0.3, -0.25) is 18.8 Å². The molecule has 1 aromatic heterocycles. The molecule has 2 aliphatic rings. The van der Waals surface area contributed by atoms with Crippen molar-refractivity contribution in [1.82, 2.24) is 14.3 Å². The van der Waals surface area contributed by atoms with Gasteiger partial charge in [0.1, 0.15) is 0 Å². The fourth-order valence-corrected chi connectivity index (χ4v) is 4.26. The Balaban J connectivity index is 0.00000272. The van der Waals surface area contributed by atoms with E-state index in [4.69, 9.17) is 4.74 Å². The quantitative estimate of drug-likeness (QED) is 0.375. The molecule has 0 N–H and O–H groups in total. The van der Waals surface area contributed by atoms with Crippen molar-refractivity contribution >= 4 is 22.0 Å². The molecule has 0 radical (unpaired) electrons. The zero-order valence-electron chi connectivity index (χ0n) is 17.3. The van der Waals surface area contributed by atoms with Crippen molar-refractivity contribution in [3.05, 3.63) is 44.5 Å². The van der Waals surface area contributed by atoms with Gasteiger partial charge in [0.15, 0.2) is 6.03 Å². The smallest absolute Gasteiger partial charge is 0.468 e. The molecule has 1 heterocycles. The zero-order chi connectivity index (χ0) is 21.6. The Morgan fingerprint density at radius 1 is 1.16 bits per heavy atom. The van der Waals surface area contributed by atoms with Crippen molar-refractivity contribution in [2.75, 3.05) is 14.2 Å². The normalized spacial score (nSPS) is 15.7. The third-order valence-electron chi connectivity index (χ3n) is 4.99. The molecule has 0 aliphatic heterocycles. The molecule has 160 valence electrons. The van der Waals surface area contributed by atoms with Crippen LogP contribution < -0.4 is 61.8 Å². The summed E-state index contributed by atoms with van der Waals surface area (Å²) in [5.74, 6) is -0.683. The number of aromatic nitrogens is 3. The van der Waals surface area contributed by atoms with Crippen LogP contribution in [0.4, 0.5) is 4.79 Å². The maximum Gasteiger partial charge on any atom is 1.00 e. The number of hydrogen-bond acceptors (Lipinski definition) is 8. The van der Waals surface area contributed by atoms with Crippen molar-refractivity contribution in [3.63, 3.8) is 0 Å². The first kappa shape index (κ1) is 24.1. The van der Waals surface area contributed by atoms with Crippen molar-refractivity contribution in [2.24, 2.45) is 0 Å². The Bertz CT molecular complexity index is 1200. The van der Waals surface area contributed by atoms with Gasteiger partial charge >= 0.3 is 57.4 Å². The predicted octanol–water partition coefficient (Wildman–Crippen LogP) is -1.21. The molecule has 1 amide bonds. The van der Waals surface area contributed by atoms with E-state index in [9.17, 15) is 22.8 Å². The van der Waals surface area contributed by atoms with E-state index in [1.54, 1.807) is 6.07 Å². The molecule has 0 saturated heterocycles. The molecule has 0 unspecified atom stereocenters. The van der Waals surface area contributed by atoms with E-state index in [0.29, 0.717) is 4.68 Å². The Morgan fingerprint density at radius 2 is 1.84 bits per heavy atom. The van der Waals surface area contributed by atoms with E-state index in [-0.39, 0.29) is 74.9 Å². The van der Waals surface area contributed by atoms with Gasteiger partial charge in [-0.2, -0.15) is 5.10 Å². The molecule has 0 spiro atoms. The summed E-state index contributed by atoms with van der Waals surface area (Å²) in [6, 6.07) is 2.66. The summed E-state index contributed by atoms with van der Waals surface area (Å²) in [6.07, 6.45) is 3.26. The molecule has 31 heavy (non-hydrogen) atoms. The van der Waals surface area contributed by atoms with E-state index in [1.165, 1.54) is 23.8 Å². The summed E-state index contributed by atoms with van der Waals surface area (Å²) in [5, 5.41) is 3.74. The van der Waals surface area contributed by atoms with Crippen LogP contribution in [0.15, 0.2) is 27.9 Å². The molecule has 2 fully saturated rings. The van der Waals surface area contributed by atoms with Crippen LogP contribution in [0.3, 0.4) is 0 Å². The number of carbonyl (C=O) groups excluding carboxylic acids is 2. The summed E-state index contributed by atoms with van der Waals surface area (Å²) in [5.41, 5.74) is -0.356. The van der Waals surface area contributed by atoms with Gasteiger partial charge in [-0.15, -0.1) is 0 Å². The van der Waals surface area contributed by atoms with Crippen LogP contribution >= 0.6 is 0 Å². The topological polar surface area (TPSA) is 141 Å². The Morgan fingerprint density at radius 3 is 2.39 bits per heavy atom. The standard InChI is InChI=1S/C18H20N4O7S.K/c1-28-15(23)13-8-5-11(10-3-4-10)9-14(13)30(26,27)20-16(24)22-18(25)21(12-6-7-12)17(19-22)29-2;/h5,8-10,12H,3-4,6-7H2,1-2H3,(H,20,24);/q;+1/p-1. The van der Waals surface area contributed by atoms with Gasteiger partial charge in [-0.25, -0.2) is 13.2 Å². The van der Waals surface area contributed by atoms with Crippen LogP contribution in [-0.4, -0.2) is 49.0 Å². The third-order valence-corrected chi connectivity index (χ3v) is 6.28. The van der Waals surface area contributed by atoms with Crippen LogP contribution in [0.2, 0.25) is 0 Å². The zero-order valence-corrected chi connectivity index (χ0v) is 21.2. The molecule has 4 rings (SSSR count). The SMILES string of the molecule is COC(=O)c1ccc(C2CC2)cc1S(=O)(=O)[N-]C(=O)n1nc(OC)n(C2CC2)c1=O.[K+]. The van der Waals surface area contributed by atoms with E-state index in [2.05, 4.69) is 14.6 Å². The van der Waals surface area contributed by atoms with Gasteiger partial charge < -0.3 is 14.2 Å². The second kappa shape index (κ2) is 9.15. The van der Waals surface area contributed by atoms with Crippen molar-refractivity contribution in [3.8, 4) is 6.01 Å². The van der Waals surface area contributed by atoms with Gasteiger partial charge in [0.05, 0.1) is 24.7 Å². The monoisotopic (exact) mass is 474 g/mol. The van der Waals surface area contributed by atoms with Crippen LogP contribution in [0.25, 0.3) is 4.72 Å². The first-order chi connectivity index (χ1) is 14.3. The largest absolute Gasteiger partial charge is 1.00 e. The Hall–Kier alpha value is -1.51. The average Bonchev–Trinajstić information content (AvgIpc) is 3.64. The number of nitrogens with zero attached hydrogens (tertiary/aromatic N) is 4. The minimum Gasteiger partial charge on any atom is -0.468 e. The van der Waals surface area contributed by atoms with Gasteiger partial charge in [-0.05, 0) is 49.3 Å². The van der Waals surface area contributed by atoms with Crippen molar-refractivity contribution in [1.29, 1.82) is 0 Å². The summed E-state index contributed by atoms with van der Waals surface area (Å²) < 4.78 is 40.2. The number of rotatable bonds is 6. The fourth-order valence-electron chi connectivity index (χ4n) is 3.16. The molecule has 0 bridgehead atoms. The molecule has 0 atom stereocenters. The maximum atomic E-state index is 12.9. The summed E-state index contributed by atoms with van der Waals surface area (Å²) in [7, 11) is -2.22. The fraction of sp³-hybridized carbons (Fsp3) is 0.444. The molecule has 11 nitrogen and oxygen atoms in total. The number of ether oxygens (including phenoxy) is 2. The second-order valence-corrected chi connectivity index (χ2v) is 8.73. The van der Waals surface area contributed by atoms with Gasteiger partial charge in [0.25, 0.3) is 11.7 Å². The van der Waals surface area contributed by atoms with Crippen molar-refractivity contribution in [2.45, 2.75) is 42.5 Å².